The van der Waals surface area contributed by atoms with Gasteiger partial charge in [0.05, 0.1) is 19.1 Å². The van der Waals surface area contributed by atoms with E-state index in [1.165, 1.54) is 0 Å². The van der Waals surface area contributed by atoms with E-state index in [2.05, 4.69) is 5.32 Å². The summed E-state index contributed by atoms with van der Waals surface area (Å²) in [5, 5.41) is 3.10. The van der Waals surface area contributed by atoms with Gasteiger partial charge < -0.3 is 19.7 Å². The maximum Gasteiger partial charge on any atom is 0.232 e. The highest BCUT2D eigenvalue weighted by atomic mass is 16.5. The van der Waals surface area contributed by atoms with Crippen molar-refractivity contribution in [3.63, 3.8) is 0 Å². The molecule has 5 rings (SSSR count). The molecule has 2 aliphatic heterocycles. The van der Waals surface area contributed by atoms with Crippen molar-refractivity contribution in [2.24, 2.45) is 0 Å². The SMILES string of the molecule is COc1ccc(N2C[C@@H](NC(=O)C3c4ccccc4Oc4ccccc43)CC2=O)cc1. The van der Waals surface area contributed by atoms with E-state index in [9.17, 15) is 9.59 Å². The number of nitrogens with zero attached hydrogens (tertiary/aromatic N) is 1. The molecule has 0 saturated carbocycles. The fourth-order valence-electron chi connectivity index (χ4n) is 4.29. The molecule has 1 atom stereocenters. The maximum absolute atomic E-state index is 13.4. The largest absolute Gasteiger partial charge is 0.497 e. The fraction of sp³-hybridized carbons (Fsp3) is 0.200. The third-order valence-electron chi connectivity index (χ3n) is 5.80. The Bertz CT molecular complexity index is 1100. The fourth-order valence-corrected chi connectivity index (χ4v) is 4.29. The Morgan fingerprint density at radius 2 is 1.58 bits per heavy atom. The Morgan fingerprint density at radius 1 is 0.968 bits per heavy atom. The van der Waals surface area contributed by atoms with Crippen molar-refractivity contribution in [1.29, 1.82) is 0 Å². The summed E-state index contributed by atoms with van der Waals surface area (Å²) >= 11 is 0. The summed E-state index contributed by atoms with van der Waals surface area (Å²) in [4.78, 5) is 27.7. The van der Waals surface area contributed by atoms with Crippen molar-refractivity contribution < 1.29 is 19.1 Å². The zero-order chi connectivity index (χ0) is 21.4. The summed E-state index contributed by atoms with van der Waals surface area (Å²) < 4.78 is 11.2. The molecule has 2 amide bonds. The Morgan fingerprint density at radius 3 is 2.19 bits per heavy atom. The minimum absolute atomic E-state index is 0.0109. The van der Waals surface area contributed by atoms with Crippen molar-refractivity contribution >= 4 is 17.5 Å². The monoisotopic (exact) mass is 414 g/mol. The van der Waals surface area contributed by atoms with Crippen LogP contribution < -0.4 is 19.7 Å². The van der Waals surface area contributed by atoms with Crippen LogP contribution >= 0.6 is 0 Å². The first-order valence-corrected chi connectivity index (χ1v) is 10.2. The molecule has 156 valence electrons. The van der Waals surface area contributed by atoms with Crippen LogP contribution in [0.15, 0.2) is 72.8 Å². The summed E-state index contributed by atoms with van der Waals surface area (Å²) in [5.74, 6) is 1.48. The second-order valence-corrected chi connectivity index (χ2v) is 7.72. The van der Waals surface area contributed by atoms with Crippen LogP contribution in [0.3, 0.4) is 0 Å². The van der Waals surface area contributed by atoms with Gasteiger partial charge in [-0.1, -0.05) is 36.4 Å². The van der Waals surface area contributed by atoms with Gasteiger partial charge in [-0.05, 0) is 36.4 Å². The van der Waals surface area contributed by atoms with Crippen LogP contribution in [0.4, 0.5) is 5.69 Å². The van der Waals surface area contributed by atoms with Gasteiger partial charge in [0.2, 0.25) is 11.8 Å². The number of rotatable bonds is 4. The molecule has 2 heterocycles. The van der Waals surface area contributed by atoms with Gasteiger partial charge in [0.25, 0.3) is 0 Å². The third-order valence-corrected chi connectivity index (χ3v) is 5.80. The average molecular weight is 414 g/mol. The van der Waals surface area contributed by atoms with Crippen LogP contribution in [0.2, 0.25) is 0 Å². The zero-order valence-corrected chi connectivity index (χ0v) is 17.1. The first kappa shape index (κ1) is 19.2. The zero-order valence-electron chi connectivity index (χ0n) is 17.1. The number of ether oxygens (including phenoxy) is 2. The molecule has 0 unspecified atom stereocenters. The minimum atomic E-state index is -0.480. The lowest BCUT2D eigenvalue weighted by molar-refractivity contribution is -0.122. The molecule has 1 saturated heterocycles. The van der Waals surface area contributed by atoms with Gasteiger partial charge in [-0.3, -0.25) is 9.59 Å². The molecule has 0 aromatic heterocycles. The highest BCUT2D eigenvalue weighted by molar-refractivity contribution is 5.97. The molecule has 1 N–H and O–H groups in total. The number of hydrogen-bond acceptors (Lipinski definition) is 4. The lowest BCUT2D eigenvalue weighted by Gasteiger charge is -2.28. The first-order chi connectivity index (χ1) is 15.1. The van der Waals surface area contributed by atoms with Crippen LogP contribution in [0.5, 0.6) is 17.2 Å². The number of methoxy groups -OCH3 is 1. The molecule has 31 heavy (non-hydrogen) atoms. The molecule has 1 fully saturated rings. The summed E-state index contributed by atoms with van der Waals surface area (Å²) in [6.07, 6.45) is 0.268. The first-order valence-electron chi connectivity index (χ1n) is 10.2. The van der Waals surface area contributed by atoms with Gasteiger partial charge in [0, 0.05) is 29.8 Å². The van der Waals surface area contributed by atoms with Crippen LogP contribution in [-0.2, 0) is 9.59 Å². The summed E-state index contributed by atoms with van der Waals surface area (Å²) in [6.45, 7) is 0.434. The normalized spacial score (nSPS) is 17.5. The number of carbonyl (C=O) groups excluding carboxylic acids is 2. The van der Waals surface area contributed by atoms with Crippen molar-refractivity contribution in [2.75, 3.05) is 18.6 Å². The van der Waals surface area contributed by atoms with E-state index in [1.54, 1.807) is 12.0 Å². The van der Waals surface area contributed by atoms with Crippen LogP contribution in [0.1, 0.15) is 23.5 Å². The van der Waals surface area contributed by atoms with Crippen molar-refractivity contribution in [2.45, 2.75) is 18.4 Å². The van der Waals surface area contributed by atoms with Gasteiger partial charge in [-0.2, -0.15) is 0 Å². The molecular formula is C25H22N2O4. The Labute approximate surface area is 180 Å². The molecule has 0 aliphatic carbocycles. The van der Waals surface area contributed by atoms with E-state index in [0.29, 0.717) is 18.0 Å². The molecular weight excluding hydrogens is 392 g/mol. The second-order valence-electron chi connectivity index (χ2n) is 7.72. The van der Waals surface area contributed by atoms with Crippen LogP contribution in [0.25, 0.3) is 0 Å². The van der Waals surface area contributed by atoms with Gasteiger partial charge in [0.1, 0.15) is 17.2 Å². The highest BCUT2D eigenvalue weighted by Crippen LogP contribution is 2.44. The number of amides is 2. The van der Waals surface area contributed by atoms with Crippen molar-refractivity contribution in [3.05, 3.63) is 83.9 Å². The number of para-hydroxylation sites is 2. The molecule has 3 aromatic rings. The van der Waals surface area contributed by atoms with E-state index >= 15 is 0 Å². The Kier molecular flexibility index (Phi) is 4.82. The molecule has 3 aromatic carbocycles. The number of carbonyl (C=O) groups is 2. The molecule has 2 aliphatic rings. The lowest BCUT2D eigenvalue weighted by Crippen LogP contribution is -2.40. The smallest absolute Gasteiger partial charge is 0.232 e. The molecule has 6 heteroatoms. The van der Waals surface area contributed by atoms with E-state index in [0.717, 1.165) is 22.6 Å². The number of benzene rings is 3. The minimum Gasteiger partial charge on any atom is -0.497 e. The predicted molar refractivity (Wildman–Crippen MR) is 117 cm³/mol. The van der Waals surface area contributed by atoms with Crippen LogP contribution in [-0.4, -0.2) is 31.5 Å². The van der Waals surface area contributed by atoms with Gasteiger partial charge in [-0.15, -0.1) is 0 Å². The van der Waals surface area contributed by atoms with Crippen molar-refractivity contribution in [1.82, 2.24) is 5.32 Å². The number of anilines is 1. The topological polar surface area (TPSA) is 67.9 Å². The van der Waals surface area contributed by atoms with Gasteiger partial charge in [0.15, 0.2) is 0 Å². The Balaban J connectivity index is 1.37. The summed E-state index contributed by atoms with van der Waals surface area (Å²) in [7, 11) is 1.61. The highest BCUT2D eigenvalue weighted by Gasteiger charge is 2.36. The predicted octanol–water partition coefficient (Wildman–Crippen LogP) is 3.85. The lowest BCUT2D eigenvalue weighted by atomic mass is 9.87. The van der Waals surface area contributed by atoms with Crippen molar-refractivity contribution in [3.8, 4) is 17.2 Å². The quantitative estimate of drug-likeness (QED) is 0.704. The summed E-state index contributed by atoms with van der Waals surface area (Å²) in [5.41, 5.74) is 2.45. The van der Waals surface area contributed by atoms with E-state index < -0.39 is 5.92 Å². The van der Waals surface area contributed by atoms with Crippen LogP contribution in [0, 0.1) is 0 Å². The van der Waals surface area contributed by atoms with E-state index in [4.69, 9.17) is 9.47 Å². The maximum atomic E-state index is 13.4. The third kappa shape index (κ3) is 3.50. The standard InChI is InChI=1S/C25H22N2O4/c1-30-18-12-10-17(11-13-18)27-15-16(14-23(27)28)26-25(29)24-19-6-2-4-8-21(19)31-22-9-5-3-7-20(22)24/h2-13,16,24H,14-15H2,1H3,(H,26,29)/t16-/m0/s1. The van der Waals surface area contributed by atoms with Gasteiger partial charge >= 0.3 is 0 Å². The van der Waals surface area contributed by atoms with Gasteiger partial charge in [-0.25, -0.2) is 0 Å². The molecule has 0 spiro atoms. The molecule has 0 radical (unpaired) electrons. The summed E-state index contributed by atoms with van der Waals surface area (Å²) in [6, 6.07) is 22.3. The van der Waals surface area contributed by atoms with E-state index in [1.807, 2.05) is 72.8 Å². The number of fused-ring (bicyclic) bond motifs is 2. The van der Waals surface area contributed by atoms with E-state index in [-0.39, 0.29) is 24.3 Å². The Hall–Kier alpha value is -3.80. The average Bonchev–Trinajstić information content (AvgIpc) is 3.17. The number of hydrogen-bond donors (Lipinski definition) is 1. The number of nitrogens with one attached hydrogen (secondary N) is 1. The second kappa shape index (κ2) is 7.80. The molecule has 6 nitrogen and oxygen atoms in total. The molecule has 0 bridgehead atoms.